The van der Waals surface area contributed by atoms with E-state index in [0.29, 0.717) is 27.8 Å². The highest BCUT2D eigenvalue weighted by Gasteiger charge is 2.17. The summed E-state index contributed by atoms with van der Waals surface area (Å²) in [6.45, 7) is 4.16. The molecule has 148 valence electrons. The van der Waals surface area contributed by atoms with Crippen molar-refractivity contribution in [1.82, 2.24) is 34.5 Å². The molecule has 0 saturated carbocycles. The van der Waals surface area contributed by atoms with Crippen molar-refractivity contribution in [3.05, 3.63) is 76.1 Å². The van der Waals surface area contributed by atoms with E-state index < -0.39 is 0 Å². The van der Waals surface area contributed by atoms with Gasteiger partial charge in [-0.3, -0.25) is 14.3 Å². The number of rotatable bonds is 3. The van der Waals surface area contributed by atoms with Crippen LogP contribution in [0.1, 0.15) is 16.8 Å². The summed E-state index contributed by atoms with van der Waals surface area (Å²) in [5, 5.41) is 8.87. The quantitative estimate of drug-likeness (QED) is 0.495. The number of hydrogen-bond acceptors (Lipinski definition) is 7. The summed E-state index contributed by atoms with van der Waals surface area (Å²) < 4.78 is 3.32. The third kappa shape index (κ3) is 2.71. The summed E-state index contributed by atoms with van der Waals surface area (Å²) in [6, 6.07) is 11.5. The lowest BCUT2D eigenvalue weighted by molar-refractivity contribution is 0.638. The minimum Gasteiger partial charge on any atom is -0.382 e. The molecule has 0 aliphatic heterocycles. The SMILES string of the molecule is Cc1ccccc1-n1c(Cn2nnc3c(N)ncnc32)cc2nccc(C)c2c1=O. The number of nitrogens with two attached hydrogens (primary N) is 1. The van der Waals surface area contributed by atoms with Crippen LogP contribution in [-0.4, -0.2) is 34.5 Å². The zero-order valence-electron chi connectivity index (χ0n) is 16.4. The Balaban J connectivity index is 1.80. The molecule has 0 aliphatic rings. The van der Waals surface area contributed by atoms with Crippen molar-refractivity contribution in [3.63, 3.8) is 0 Å². The largest absolute Gasteiger partial charge is 0.382 e. The molecule has 0 radical (unpaired) electrons. The van der Waals surface area contributed by atoms with Gasteiger partial charge >= 0.3 is 0 Å². The second-order valence-electron chi connectivity index (χ2n) is 7.13. The maximum Gasteiger partial charge on any atom is 0.265 e. The Hall–Kier alpha value is -4.14. The number of nitrogen functional groups attached to an aromatic ring is 1. The number of hydrogen-bond donors (Lipinski definition) is 1. The molecule has 0 bridgehead atoms. The van der Waals surface area contributed by atoms with E-state index >= 15 is 0 Å². The Morgan fingerprint density at radius 2 is 1.87 bits per heavy atom. The Labute approximate surface area is 170 Å². The van der Waals surface area contributed by atoms with Crippen LogP contribution in [0.2, 0.25) is 0 Å². The Morgan fingerprint density at radius 1 is 1.03 bits per heavy atom. The smallest absolute Gasteiger partial charge is 0.265 e. The zero-order chi connectivity index (χ0) is 20.8. The molecule has 9 heteroatoms. The van der Waals surface area contributed by atoms with Gasteiger partial charge in [-0.05, 0) is 43.2 Å². The fraction of sp³-hybridized carbons (Fsp3) is 0.143. The molecule has 0 fully saturated rings. The van der Waals surface area contributed by atoms with Crippen LogP contribution >= 0.6 is 0 Å². The van der Waals surface area contributed by atoms with Gasteiger partial charge in [-0.15, -0.1) is 5.10 Å². The number of anilines is 1. The van der Waals surface area contributed by atoms with E-state index in [2.05, 4.69) is 25.3 Å². The maximum atomic E-state index is 13.6. The lowest BCUT2D eigenvalue weighted by Crippen LogP contribution is -2.25. The van der Waals surface area contributed by atoms with Crippen LogP contribution in [0.15, 0.2) is 53.7 Å². The number of para-hydroxylation sites is 1. The number of nitrogens with zero attached hydrogens (tertiary/aromatic N) is 7. The maximum absolute atomic E-state index is 13.6. The zero-order valence-corrected chi connectivity index (χ0v) is 16.4. The van der Waals surface area contributed by atoms with Crippen molar-refractivity contribution in [3.8, 4) is 5.69 Å². The van der Waals surface area contributed by atoms with Crippen molar-refractivity contribution >= 4 is 27.9 Å². The van der Waals surface area contributed by atoms with E-state index in [1.807, 2.05) is 50.2 Å². The van der Waals surface area contributed by atoms with Gasteiger partial charge in [-0.2, -0.15) is 0 Å². The Bertz CT molecular complexity index is 1480. The van der Waals surface area contributed by atoms with Crippen LogP contribution in [0.4, 0.5) is 5.82 Å². The molecule has 0 aliphatic carbocycles. The van der Waals surface area contributed by atoms with E-state index in [4.69, 9.17) is 5.73 Å². The first-order chi connectivity index (χ1) is 14.5. The molecule has 5 rings (SSSR count). The molecular weight excluding hydrogens is 380 g/mol. The second-order valence-corrected chi connectivity index (χ2v) is 7.13. The molecule has 5 aromatic rings. The molecule has 1 aromatic carbocycles. The molecule has 0 amide bonds. The molecule has 0 saturated heterocycles. The van der Waals surface area contributed by atoms with Crippen LogP contribution in [-0.2, 0) is 6.54 Å². The lowest BCUT2D eigenvalue weighted by atomic mass is 10.1. The van der Waals surface area contributed by atoms with E-state index in [9.17, 15) is 4.79 Å². The first-order valence-corrected chi connectivity index (χ1v) is 9.40. The standard InChI is InChI=1S/C21H18N8O/c1-12-5-3-4-6-16(12)29-14(9-15-17(21(29)30)13(2)7-8-23-15)10-28-20-18(26-27-28)19(22)24-11-25-20/h3-9,11H,10H2,1-2H3,(H2,22,24,25). The topological polar surface area (TPSA) is 117 Å². The monoisotopic (exact) mass is 398 g/mol. The van der Waals surface area contributed by atoms with Crippen LogP contribution in [0.3, 0.4) is 0 Å². The predicted molar refractivity (Wildman–Crippen MR) is 113 cm³/mol. The van der Waals surface area contributed by atoms with Gasteiger partial charge in [-0.25, -0.2) is 14.6 Å². The number of aryl methyl sites for hydroxylation is 2. The van der Waals surface area contributed by atoms with Gasteiger partial charge in [0.25, 0.3) is 5.56 Å². The highest BCUT2D eigenvalue weighted by atomic mass is 16.1. The Kier molecular flexibility index (Phi) is 4.02. The van der Waals surface area contributed by atoms with Gasteiger partial charge in [0, 0.05) is 6.20 Å². The van der Waals surface area contributed by atoms with Crippen molar-refractivity contribution in [1.29, 1.82) is 0 Å². The fourth-order valence-electron chi connectivity index (χ4n) is 3.69. The number of fused-ring (bicyclic) bond motifs is 2. The average Bonchev–Trinajstić information content (AvgIpc) is 3.13. The van der Waals surface area contributed by atoms with Crippen LogP contribution in [0, 0.1) is 13.8 Å². The lowest BCUT2D eigenvalue weighted by Gasteiger charge is -2.17. The summed E-state index contributed by atoms with van der Waals surface area (Å²) in [6.07, 6.45) is 3.08. The number of pyridine rings is 2. The fourth-order valence-corrected chi connectivity index (χ4v) is 3.69. The molecule has 0 unspecified atom stereocenters. The van der Waals surface area contributed by atoms with E-state index in [-0.39, 0.29) is 17.9 Å². The average molecular weight is 398 g/mol. The van der Waals surface area contributed by atoms with Gasteiger partial charge in [-0.1, -0.05) is 23.4 Å². The second kappa shape index (κ2) is 6.73. The van der Waals surface area contributed by atoms with Gasteiger partial charge in [0.05, 0.1) is 28.8 Å². The molecule has 9 nitrogen and oxygen atoms in total. The molecule has 0 spiro atoms. The summed E-state index contributed by atoms with van der Waals surface area (Å²) >= 11 is 0. The normalized spacial score (nSPS) is 11.4. The van der Waals surface area contributed by atoms with Crippen molar-refractivity contribution in [2.24, 2.45) is 0 Å². The van der Waals surface area contributed by atoms with Crippen LogP contribution in [0.25, 0.3) is 27.8 Å². The van der Waals surface area contributed by atoms with Gasteiger partial charge in [0.15, 0.2) is 17.0 Å². The van der Waals surface area contributed by atoms with Gasteiger partial charge in [0.2, 0.25) is 0 Å². The summed E-state index contributed by atoms with van der Waals surface area (Å²) in [5.41, 5.74) is 10.7. The van der Waals surface area contributed by atoms with Crippen LogP contribution < -0.4 is 11.3 Å². The minimum atomic E-state index is -0.124. The van der Waals surface area contributed by atoms with E-state index in [1.54, 1.807) is 15.4 Å². The predicted octanol–water partition coefficient (Wildman–Crippen LogP) is 2.17. The van der Waals surface area contributed by atoms with Crippen molar-refractivity contribution in [2.75, 3.05) is 5.73 Å². The molecule has 4 aromatic heterocycles. The highest BCUT2D eigenvalue weighted by Crippen LogP contribution is 2.21. The Morgan fingerprint density at radius 3 is 2.70 bits per heavy atom. The summed E-state index contributed by atoms with van der Waals surface area (Å²) in [7, 11) is 0. The summed E-state index contributed by atoms with van der Waals surface area (Å²) in [5.74, 6) is 0.262. The number of aromatic nitrogens is 7. The van der Waals surface area contributed by atoms with E-state index in [1.165, 1.54) is 6.33 Å². The van der Waals surface area contributed by atoms with Crippen LogP contribution in [0.5, 0.6) is 0 Å². The number of benzene rings is 1. The highest BCUT2D eigenvalue weighted by molar-refractivity contribution is 5.82. The first kappa shape index (κ1) is 17.9. The van der Waals surface area contributed by atoms with Gasteiger partial charge in [0.1, 0.15) is 6.33 Å². The third-order valence-corrected chi connectivity index (χ3v) is 5.19. The first-order valence-electron chi connectivity index (χ1n) is 9.40. The van der Waals surface area contributed by atoms with Crippen molar-refractivity contribution in [2.45, 2.75) is 20.4 Å². The molecule has 30 heavy (non-hydrogen) atoms. The molecule has 4 heterocycles. The van der Waals surface area contributed by atoms with Crippen molar-refractivity contribution < 1.29 is 0 Å². The molecule has 2 N–H and O–H groups in total. The van der Waals surface area contributed by atoms with Gasteiger partial charge < -0.3 is 5.73 Å². The van der Waals surface area contributed by atoms with E-state index in [0.717, 1.165) is 16.8 Å². The third-order valence-electron chi connectivity index (χ3n) is 5.19. The molecule has 0 atom stereocenters. The molecular formula is C21H18N8O. The summed E-state index contributed by atoms with van der Waals surface area (Å²) in [4.78, 5) is 26.2. The minimum absolute atomic E-state index is 0.124.